The van der Waals surface area contributed by atoms with Gasteiger partial charge in [-0.05, 0) is 36.5 Å². The molecule has 0 aliphatic heterocycles. The fourth-order valence-electron chi connectivity index (χ4n) is 2.29. The van der Waals surface area contributed by atoms with Gasteiger partial charge in [0.15, 0.2) is 0 Å². The van der Waals surface area contributed by atoms with Crippen LogP contribution in [0.15, 0.2) is 54.6 Å². The number of aliphatic hydroxyl groups is 1. The third kappa shape index (κ3) is 4.19. The Kier molecular flexibility index (Phi) is 4.72. The number of benzene rings is 2. The molecular weight excluding hydrogens is 234 g/mol. The van der Waals surface area contributed by atoms with E-state index in [4.69, 9.17) is 5.73 Å². The molecule has 0 aliphatic carbocycles. The van der Waals surface area contributed by atoms with Gasteiger partial charge in [-0.3, -0.25) is 0 Å². The highest BCUT2D eigenvalue weighted by Crippen LogP contribution is 2.19. The average molecular weight is 255 g/mol. The van der Waals surface area contributed by atoms with E-state index in [1.165, 1.54) is 16.7 Å². The van der Waals surface area contributed by atoms with Gasteiger partial charge in [0.25, 0.3) is 0 Å². The molecule has 0 fully saturated rings. The fourth-order valence-corrected chi connectivity index (χ4v) is 2.29. The minimum atomic E-state index is -0.335. The molecule has 0 unspecified atom stereocenters. The van der Waals surface area contributed by atoms with Gasteiger partial charge >= 0.3 is 0 Å². The monoisotopic (exact) mass is 255 g/mol. The van der Waals surface area contributed by atoms with Crippen LogP contribution in [0.3, 0.4) is 0 Å². The summed E-state index contributed by atoms with van der Waals surface area (Å²) in [4.78, 5) is 0. The van der Waals surface area contributed by atoms with Crippen molar-refractivity contribution in [3.63, 3.8) is 0 Å². The Balaban J connectivity index is 2.03. The molecule has 0 amide bonds. The molecule has 0 saturated heterocycles. The minimum absolute atomic E-state index is 0.0163. The molecule has 3 N–H and O–H groups in total. The van der Waals surface area contributed by atoms with E-state index in [1.807, 2.05) is 18.2 Å². The number of nitrogens with two attached hydrogens (primary N) is 1. The van der Waals surface area contributed by atoms with E-state index in [-0.39, 0.29) is 12.1 Å². The topological polar surface area (TPSA) is 46.2 Å². The van der Waals surface area contributed by atoms with Crippen molar-refractivity contribution in [1.29, 1.82) is 0 Å². The highest BCUT2D eigenvalue weighted by atomic mass is 16.3. The first-order valence-corrected chi connectivity index (χ1v) is 6.73. The average Bonchev–Trinajstić information content (AvgIpc) is 2.39. The maximum Gasteiger partial charge on any atom is 0.0527 e. The quantitative estimate of drug-likeness (QED) is 0.862. The van der Waals surface area contributed by atoms with Crippen LogP contribution in [0.5, 0.6) is 0 Å². The molecule has 0 bridgehead atoms. The Bertz CT molecular complexity index is 490. The largest absolute Gasteiger partial charge is 0.393 e. The summed E-state index contributed by atoms with van der Waals surface area (Å²) >= 11 is 0. The van der Waals surface area contributed by atoms with Gasteiger partial charge in [0.05, 0.1) is 6.10 Å². The highest BCUT2D eigenvalue weighted by Gasteiger charge is 2.07. The van der Waals surface area contributed by atoms with E-state index in [0.29, 0.717) is 6.42 Å². The van der Waals surface area contributed by atoms with Gasteiger partial charge in [-0.15, -0.1) is 0 Å². The van der Waals surface area contributed by atoms with Crippen LogP contribution in [0.4, 0.5) is 0 Å². The summed E-state index contributed by atoms with van der Waals surface area (Å²) in [5, 5.41) is 9.31. The third-order valence-electron chi connectivity index (χ3n) is 3.20. The van der Waals surface area contributed by atoms with Crippen LogP contribution >= 0.6 is 0 Å². The summed E-state index contributed by atoms with van der Waals surface area (Å²) in [6, 6.07) is 18.8. The lowest BCUT2D eigenvalue weighted by Gasteiger charge is -2.13. The first-order valence-electron chi connectivity index (χ1n) is 6.73. The van der Waals surface area contributed by atoms with E-state index < -0.39 is 0 Å². The molecule has 2 nitrogen and oxygen atoms in total. The highest BCUT2D eigenvalue weighted by molar-refractivity contribution is 5.63. The van der Waals surface area contributed by atoms with Gasteiger partial charge in [-0.1, -0.05) is 54.6 Å². The van der Waals surface area contributed by atoms with Gasteiger partial charge in [0.2, 0.25) is 0 Å². The number of aliphatic hydroxyl groups excluding tert-OH is 1. The van der Waals surface area contributed by atoms with E-state index in [0.717, 1.165) is 6.42 Å². The van der Waals surface area contributed by atoms with Gasteiger partial charge in [0, 0.05) is 6.04 Å². The molecule has 2 atom stereocenters. The van der Waals surface area contributed by atoms with Crippen LogP contribution in [-0.2, 0) is 6.42 Å². The Morgan fingerprint density at radius 1 is 0.947 bits per heavy atom. The molecule has 0 spiro atoms. The predicted octanol–water partition coefficient (Wildman–Crippen LogP) is 2.99. The lowest BCUT2D eigenvalue weighted by Crippen LogP contribution is -2.27. The zero-order valence-electron chi connectivity index (χ0n) is 11.3. The lowest BCUT2D eigenvalue weighted by atomic mass is 9.99. The van der Waals surface area contributed by atoms with Crippen molar-refractivity contribution >= 4 is 0 Å². The molecule has 2 aromatic rings. The molecule has 2 heteroatoms. The second-order valence-electron chi connectivity index (χ2n) is 5.11. The van der Waals surface area contributed by atoms with Crippen molar-refractivity contribution < 1.29 is 5.11 Å². The number of hydrogen-bond acceptors (Lipinski definition) is 2. The van der Waals surface area contributed by atoms with Crippen molar-refractivity contribution in [2.75, 3.05) is 0 Å². The summed E-state index contributed by atoms with van der Waals surface area (Å²) < 4.78 is 0. The molecule has 19 heavy (non-hydrogen) atoms. The summed E-state index contributed by atoms with van der Waals surface area (Å²) in [5.74, 6) is 0. The zero-order valence-corrected chi connectivity index (χ0v) is 11.3. The summed E-state index contributed by atoms with van der Waals surface area (Å²) in [6.07, 6.45) is 1.11. The van der Waals surface area contributed by atoms with Gasteiger partial charge in [-0.25, -0.2) is 0 Å². The minimum Gasteiger partial charge on any atom is -0.393 e. The third-order valence-corrected chi connectivity index (χ3v) is 3.20. The fraction of sp³-hybridized carbons (Fsp3) is 0.294. The molecule has 100 valence electrons. The molecule has 2 rings (SSSR count). The maximum absolute atomic E-state index is 9.31. The summed E-state index contributed by atoms with van der Waals surface area (Å²) in [6.45, 7) is 1.78. The molecule has 0 radical (unpaired) electrons. The van der Waals surface area contributed by atoms with E-state index in [1.54, 1.807) is 6.92 Å². The van der Waals surface area contributed by atoms with Crippen LogP contribution in [0.25, 0.3) is 11.1 Å². The number of hydrogen-bond donors (Lipinski definition) is 2. The Morgan fingerprint density at radius 3 is 2.11 bits per heavy atom. The number of rotatable bonds is 5. The Labute approximate surface area is 114 Å². The second-order valence-corrected chi connectivity index (χ2v) is 5.11. The van der Waals surface area contributed by atoms with Crippen molar-refractivity contribution in [2.24, 2.45) is 5.73 Å². The van der Waals surface area contributed by atoms with E-state index in [2.05, 4.69) is 36.4 Å². The molecule has 0 saturated carbocycles. The zero-order chi connectivity index (χ0) is 13.7. The van der Waals surface area contributed by atoms with Gasteiger partial charge < -0.3 is 10.8 Å². The summed E-state index contributed by atoms with van der Waals surface area (Å²) in [7, 11) is 0. The van der Waals surface area contributed by atoms with Crippen molar-refractivity contribution in [2.45, 2.75) is 31.9 Å². The first kappa shape index (κ1) is 13.8. The predicted molar refractivity (Wildman–Crippen MR) is 79.9 cm³/mol. The normalized spacial score (nSPS) is 14.1. The first-order chi connectivity index (χ1) is 9.15. The molecule has 0 aliphatic rings. The lowest BCUT2D eigenvalue weighted by molar-refractivity contribution is 0.174. The molecular formula is C17H21NO. The van der Waals surface area contributed by atoms with Gasteiger partial charge in [-0.2, -0.15) is 0 Å². The second kappa shape index (κ2) is 6.50. The molecule has 0 heterocycles. The van der Waals surface area contributed by atoms with Crippen LogP contribution in [0, 0.1) is 0 Å². The molecule has 2 aromatic carbocycles. The van der Waals surface area contributed by atoms with E-state index >= 15 is 0 Å². The van der Waals surface area contributed by atoms with Crippen LogP contribution < -0.4 is 5.73 Å². The Hall–Kier alpha value is -1.64. The van der Waals surface area contributed by atoms with E-state index in [9.17, 15) is 5.11 Å². The van der Waals surface area contributed by atoms with Crippen LogP contribution in [0.1, 0.15) is 18.9 Å². The van der Waals surface area contributed by atoms with Crippen LogP contribution in [0.2, 0.25) is 0 Å². The SMILES string of the molecule is C[C@@H](O)C[C@@H](N)Cc1ccc(-c2ccccc2)cc1. The van der Waals surface area contributed by atoms with Crippen molar-refractivity contribution in [3.8, 4) is 11.1 Å². The maximum atomic E-state index is 9.31. The Morgan fingerprint density at radius 2 is 1.53 bits per heavy atom. The van der Waals surface area contributed by atoms with Crippen molar-refractivity contribution in [1.82, 2.24) is 0 Å². The summed E-state index contributed by atoms with van der Waals surface area (Å²) in [5.41, 5.74) is 9.65. The molecule has 0 aromatic heterocycles. The standard InChI is InChI=1S/C17H21NO/c1-13(19)11-17(18)12-14-7-9-16(10-8-14)15-5-3-2-4-6-15/h2-10,13,17,19H,11-12,18H2,1H3/t13-,17-/m1/s1. The van der Waals surface area contributed by atoms with Crippen LogP contribution in [-0.4, -0.2) is 17.3 Å². The van der Waals surface area contributed by atoms with Crippen molar-refractivity contribution in [3.05, 3.63) is 60.2 Å². The smallest absolute Gasteiger partial charge is 0.0527 e. The van der Waals surface area contributed by atoms with Gasteiger partial charge in [0.1, 0.15) is 0 Å².